The van der Waals surface area contributed by atoms with Crippen LogP contribution in [0.15, 0.2) is 54.6 Å². The summed E-state index contributed by atoms with van der Waals surface area (Å²) < 4.78 is 0. The Morgan fingerprint density at radius 3 is 2.38 bits per heavy atom. The predicted octanol–water partition coefficient (Wildman–Crippen LogP) is 1.78. The smallest absolute Gasteiger partial charge is 0.322 e. The maximum atomic E-state index is 12.4. The minimum atomic E-state index is -0.917. The van der Waals surface area contributed by atoms with Crippen LogP contribution in [0.3, 0.4) is 0 Å². The van der Waals surface area contributed by atoms with E-state index in [1.54, 1.807) is 4.90 Å². The molecule has 1 heterocycles. The van der Waals surface area contributed by atoms with Gasteiger partial charge in [-0.15, -0.1) is 0 Å². The molecule has 2 aromatic carbocycles. The molecule has 1 atom stereocenters. The molecule has 1 amide bonds. The Hall–Kier alpha value is -2.66. The zero-order valence-electron chi connectivity index (χ0n) is 13.3. The summed E-state index contributed by atoms with van der Waals surface area (Å²) in [6.07, 6.45) is 0.293. The first-order valence-electron chi connectivity index (χ1n) is 8.02. The van der Waals surface area contributed by atoms with Gasteiger partial charge in [0.05, 0.1) is 6.42 Å². The number of rotatable bonds is 4. The highest BCUT2D eigenvalue weighted by Gasteiger charge is 2.27. The van der Waals surface area contributed by atoms with Crippen molar-refractivity contribution in [2.45, 2.75) is 12.5 Å². The lowest BCUT2D eigenvalue weighted by molar-refractivity contribution is -0.142. The Bertz CT molecular complexity index is 713. The van der Waals surface area contributed by atoms with E-state index in [2.05, 4.69) is 5.32 Å². The molecule has 2 N–H and O–H groups in total. The third-order valence-electron chi connectivity index (χ3n) is 4.24. The van der Waals surface area contributed by atoms with E-state index >= 15 is 0 Å². The summed E-state index contributed by atoms with van der Waals surface area (Å²) in [6, 6.07) is 17.3. The summed E-state index contributed by atoms with van der Waals surface area (Å²) in [5.74, 6) is -0.949. The van der Waals surface area contributed by atoms with Crippen molar-refractivity contribution >= 4 is 11.9 Å². The first kappa shape index (κ1) is 16.2. The number of carbonyl (C=O) groups excluding carboxylic acids is 1. The van der Waals surface area contributed by atoms with E-state index < -0.39 is 12.0 Å². The highest BCUT2D eigenvalue weighted by atomic mass is 16.4. The molecule has 0 aromatic heterocycles. The van der Waals surface area contributed by atoms with Crippen LogP contribution in [0.5, 0.6) is 0 Å². The number of hydrogen-bond acceptors (Lipinski definition) is 3. The van der Waals surface area contributed by atoms with E-state index in [1.165, 1.54) is 0 Å². The molecular weight excluding hydrogens is 304 g/mol. The van der Waals surface area contributed by atoms with Crippen LogP contribution in [0.4, 0.5) is 0 Å². The van der Waals surface area contributed by atoms with Crippen molar-refractivity contribution in [3.63, 3.8) is 0 Å². The van der Waals surface area contributed by atoms with Gasteiger partial charge < -0.3 is 15.3 Å². The van der Waals surface area contributed by atoms with Crippen LogP contribution in [0.1, 0.15) is 5.56 Å². The number of nitrogens with one attached hydrogen (secondary N) is 1. The van der Waals surface area contributed by atoms with Crippen LogP contribution in [-0.2, 0) is 16.0 Å². The molecule has 124 valence electrons. The number of amides is 1. The molecular formula is C19H20N2O3. The van der Waals surface area contributed by atoms with Crippen LogP contribution in [-0.4, -0.2) is 47.6 Å². The highest BCUT2D eigenvalue weighted by Crippen LogP contribution is 2.19. The molecule has 1 saturated heterocycles. The van der Waals surface area contributed by atoms with Crippen molar-refractivity contribution in [3.05, 3.63) is 60.2 Å². The normalized spacial score (nSPS) is 17.5. The summed E-state index contributed by atoms with van der Waals surface area (Å²) >= 11 is 0. The molecule has 3 rings (SSSR count). The molecule has 1 aliphatic heterocycles. The van der Waals surface area contributed by atoms with Gasteiger partial charge in [-0.2, -0.15) is 0 Å². The van der Waals surface area contributed by atoms with Crippen LogP contribution >= 0.6 is 0 Å². The molecule has 0 bridgehead atoms. The average Bonchev–Trinajstić information content (AvgIpc) is 2.63. The number of aliphatic carboxylic acids is 1. The van der Waals surface area contributed by atoms with Crippen LogP contribution < -0.4 is 5.32 Å². The molecule has 5 nitrogen and oxygen atoms in total. The third-order valence-corrected chi connectivity index (χ3v) is 4.24. The summed E-state index contributed by atoms with van der Waals surface area (Å²) in [5, 5.41) is 12.0. The Balaban J connectivity index is 1.63. The summed E-state index contributed by atoms with van der Waals surface area (Å²) in [6.45, 7) is 1.27. The van der Waals surface area contributed by atoms with Crippen LogP contribution in [0.25, 0.3) is 11.1 Å². The third kappa shape index (κ3) is 3.81. The van der Waals surface area contributed by atoms with Crippen LogP contribution in [0.2, 0.25) is 0 Å². The van der Waals surface area contributed by atoms with Gasteiger partial charge in [-0.05, 0) is 16.7 Å². The Kier molecular flexibility index (Phi) is 4.91. The van der Waals surface area contributed by atoms with Gasteiger partial charge in [0.1, 0.15) is 6.04 Å². The minimum absolute atomic E-state index is 0.0322. The SMILES string of the molecule is O=C(O)C1CN(C(=O)Cc2ccc(-c3ccccc3)cc2)CCN1. The van der Waals surface area contributed by atoms with Gasteiger partial charge in [0, 0.05) is 19.6 Å². The van der Waals surface area contributed by atoms with Crippen molar-refractivity contribution in [1.82, 2.24) is 10.2 Å². The van der Waals surface area contributed by atoms with Gasteiger partial charge >= 0.3 is 5.97 Å². The minimum Gasteiger partial charge on any atom is -0.480 e. The summed E-state index contributed by atoms with van der Waals surface area (Å²) in [5.41, 5.74) is 3.19. The molecule has 1 unspecified atom stereocenters. The molecule has 2 aromatic rings. The molecule has 5 heteroatoms. The number of carbonyl (C=O) groups is 2. The summed E-state index contributed by atoms with van der Waals surface area (Å²) in [7, 11) is 0. The second-order valence-corrected chi connectivity index (χ2v) is 5.92. The average molecular weight is 324 g/mol. The van der Waals surface area contributed by atoms with E-state index in [1.807, 2.05) is 54.6 Å². The number of hydrogen-bond donors (Lipinski definition) is 2. The first-order valence-corrected chi connectivity index (χ1v) is 8.02. The van der Waals surface area contributed by atoms with Gasteiger partial charge in [-0.3, -0.25) is 9.59 Å². The number of piperazine rings is 1. The van der Waals surface area contributed by atoms with E-state index in [-0.39, 0.29) is 12.5 Å². The molecule has 1 fully saturated rings. The number of benzene rings is 2. The monoisotopic (exact) mass is 324 g/mol. The zero-order valence-corrected chi connectivity index (χ0v) is 13.3. The van der Waals surface area contributed by atoms with Crippen LogP contribution in [0, 0.1) is 0 Å². The predicted molar refractivity (Wildman–Crippen MR) is 91.6 cm³/mol. The second-order valence-electron chi connectivity index (χ2n) is 5.92. The maximum absolute atomic E-state index is 12.4. The van der Waals surface area contributed by atoms with E-state index in [0.717, 1.165) is 16.7 Å². The van der Waals surface area contributed by atoms with Gasteiger partial charge in [0.25, 0.3) is 0 Å². The highest BCUT2D eigenvalue weighted by molar-refractivity contribution is 5.81. The second kappa shape index (κ2) is 7.27. The van der Waals surface area contributed by atoms with E-state index in [9.17, 15) is 9.59 Å². The van der Waals surface area contributed by atoms with Gasteiger partial charge in [-0.1, -0.05) is 54.6 Å². The van der Waals surface area contributed by atoms with Gasteiger partial charge in [-0.25, -0.2) is 0 Å². The number of carboxylic acids is 1. The van der Waals surface area contributed by atoms with Crippen molar-refractivity contribution < 1.29 is 14.7 Å². The van der Waals surface area contributed by atoms with Crippen molar-refractivity contribution in [2.75, 3.05) is 19.6 Å². The lowest BCUT2D eigenvalue weighted by Crippen LogP contribution is -2.56. The fourth-order valence-corrected chi connectivity index (χ4v) is 2.87. The van der Waals surface area contributed by atoms with E-state index in [4.69, 9.17) is 5.11 Å². The Labute approximate surface area is 140 Å². The van der Waals surface area contributed by atoms with Crippen molar-refractivity contribution in [3.8, 4) is 11.1 Å². The fraction of sp³-hybridized carbons (Fsp3) is 0.263. The maximum Gasteiger partial charge on any atom is 0.322 e. The molecule has 24 heavy (non-hydrogen) atoms. The lowest BCUT2D eigenvalue weighted by atomic mass is 10.0. The molecule has 0 saturated carbocycles. The zero-order chi connectivity index (χ0) is 16.9. The molecule has 0 spiro atoms. The van der Waals surface area contributed by atoms with E-state index in [0.29, 0.717) is 19.5 Å². The Morgan fingerprint density at radius 2 is 1.71 bits per heavy atom. The lowest BCUT2D eigenvalue weighted by Gasteiger charge is -2.31. The van der Waals surface area contributed by atoms with Crippen molar-refractivity contribution in [1.29, 1.82) is 0 Å². The Morgan fingerprint density at radius 1 is 1.04 bits per heavy atom. The summed E-state index contributed by atoms with van der Waals surface area (Å²) in [4.78, 5) is 25.1. The molecule has 1 aliphatic rings. The van der Waals surface area contributed by atoms with Crippen molar-refractivity contribution in [2.24, 2.45) is 0 Å². The van der Waals surface area contributed by atoms with Gasteiger partial charge in [0.2, 0.25) is 5.91 Å². The quantitative estimate of drug-likeness (QED) is 0.899. The topological polar surface area (TPSA) is 69.6 Å². The molecule has 0 aliphatic carbocycles. The number of nitrogens with zero attached hydrogens (tertiary/aromatic N) is 1. The number of carboxylic acid groups (broad SMARTS) is 1. The first-order chi connectivity index (χ1) is 11.6. The largest absolute Gasteiger partial charge is 0.480 e. The standard InChI is InChI=1S/C19H20N2O3/c22-18(21-11-10-20-17(13-21)19(23)24)12-14-6-8-16(9-7-14)15-4-2-1-3-5-15/h1-9,17,20H,10-13H2,(H,23,24). The molecule has 0 radical (unpaired) electrons. The fourth-order valence-electron chi connectivity index (χ4n) is 2.87. The van der Waals surface area contributed by atoms with Gasteiger partial charge in [0.15, 0.2) is 0 Å².